The second-order valence-electron chi connectivity index (χ2n) is 28.4. The van der Waals surface area contributed by atoms with E-state index in [1.54, 1.807) is 132 Å². The van der Waals surface area contributed by atoms with Gasteiger partial charge in [0.25, 0.3) is 0 Å². The third-order valence-corrected chi connectivity index (χ3v) is 21.6. The molecule has 16 aromatic rings. The van der Waals surface area contributed by atoms with Gasteiger partial charge in [-0.15, -0.1) is 0 Å². The summed E-state index contributed by atoms with van der Waals surface area (Å²) in [5.41, 5.74) is 25.3. The summed E-state index contributed by atoms with van der Waals surface area (Å²) in [6, 6.07) is 31.2. The smallest absolute Gasteiger partial charge is 0.216 e. The number of benzene rings is 8. The molecular weight excluding hydrogens is 1330 g/mol. The highest BCUT2D eigenvalue weighted by Crippen LogP contribution is 2.46. The fourth-order valence-corrected chi connectivity index (χ4v) is 15.0. The van der Waals surface area contributed by atoms with Crippen molar-refractivity contribution in [3.8, 4) is 45.0 Å². The minimum atomic E-state index is -2.30. The Kier molecular flexibility index (Phi) is 14.6. The van der Waals surface area contributed by atoms with Crippen LogP contribution in [0, 0.1) is 164 Å². The van der Waals surface area contributed by atoms with E-state index in [0.29, 0.717) is 135 Å². The highest BCUT2D eigenvalue weighted by atomic mass is 16.3. The van der Waals surface area contributed by atoms with E-state index in [0.717, 1.165) is 110 Å². The molecule has 0 unspecified atom stereocenters. The molecule has 0 fully saturated rings. The number of aryl methyl sites for hydroxylation is 8. The van der Waals surface area contributed by atoms with Crippen LogP contribution in [0.25, 0.3) is 152 Å². The molecule has 0 radical (unpaired) electrons. The van der Waals surface area contributed by atoms with Crippen LogP contribution in [0.4, 0.5) is 22.7 Å². The number of pyridine rings is 4. The first kappa shape index (κ1) is 55.9. The summed E-state index contributed by atoms with van der Waals surface area (Å²) in [5, 5.41) is 7.38. The van der Waals surface area contributed by atoms with E-state index in [4.69, 9.17) is 65.9 Å². The Bertz CT molecular complexity index is 7290. The quantitative estimate of drug-likeness (QED) is 0.130. The van der Waals surface area contributed by atoms with Crippen LogP contribution >= 0.6 is 0 Å². The van der Waals surface area contributed by atoms with Crippen molar-refractivity contribution >= 4 is 111 Å². The predicted molar refractivity (Wildman–Crippen MR) is 441 cm³/mol. The number of fused-ring (bicyclic) bond motifs is 12. The van der Waals surface area contributed by atoms with Crippen LogP contribution in [-0.4, -0.2) is 0 Å². The average Bonchev–Trinajstić information content (AvgIpc) is 1.51. The Morgan fingerprint density at radius 3 is 1.14 bits per heavy atom. The van der Waals surface area contributed by atoms with Gasteiger partial charge >= 0.3 is 0 Å². The number of furan rings is 4. The molecule has 536 valence electrons. The lowest BCUT2D eigenvalue weighted by Crippen LogP contribution is -2.36. The van der Waals surface area contributed by atoms with E-state index < -0.39 is 27.4 Å². The number of hydrogen-bond donors (Lipinski definition) is 0. The third-order valence-electron chi connectivity index (χ3n) is 21.6. The van der Waals surface area contributed by atoms with Gasteiger partial charge in [0.15, 0.2) is 45.5 Å². The first-order chi connectivity index (χ1) is 57.9. The molecule has 0 amide bonds. The molecule has 8 aromatic carbocycles. The number of nitrogens with zero attached hydrogens (tertiary/aromatic N) is 8. The lowest BCUT2D eigenvalue weighted by Gasteiger charge is -2.11. The maximum Gasteiger partial charge on any atom is 0.216 e. The van der Waals surface area contributed by atoms with E-state index in [1.807, 2.05) is 116 Å². The summed E-state index contributed by atoms with van der Waals surface area (Å²) < 4.78 is 163. The van der Waals surface area contributed by atoms with Crippen LogP contribution in [0.5, 0.6) is 0 Å². The summed E-state index contributed by atoms with van der Waals surface area (Å²) in [5.74, 6) is 0. The van der Waals surface area contributed by atoms with Gasteiger partial charge in [-0.25, -0.2) is 19.4 Å². The molecule has 0 spiro atoms. The zero-order chi connectivity index (χ0) is 91.3. The topological polar surface area (TPSA) is 85.5 Å². The van der Waals surface area contributed by atoms with Crippen LogP contribution in [0.1, 0.15) is 134 Å². The summed E-state index contributed by atoms with van der Waals surface area (Å²) in [6.07, 6.45) is 0. The molecule has 0 saturated heterocycles. The lowest BCUT2D eigenvalue weighted by atomic mass is 9.95. The van der Waals surface area contributed by atoms with Crippen LogP contribution < -0.4 is 18.3 Å². The van der Waals surface area contributed by atoms with Crippen molar-refractivity contribution in [3.63, 3.8) is 0 Å². The second-order valence-corrected chi connectivity index (χ2v) is 28.4. The number of rotatable bonds is 4. The van der Waals surface area contributed by atoms with Gasteiger partial charge in [-0.3, -0.25) is 0 Å². The minimum absolute atomic E-state index is 0.174. The minimum Gasteiger partial charge on any atom is -0.456 e. The molecule has 0 aliphatic carbocycles. The van der Waals surface area contributed by atoms with E-state index in [1.165, 1.54) is 0 Å². The molecule has 12 nitrogen and oxygen atoms in total. The van der Waals surface area contributed by atoms with Crippen molar-refractivity contribution in [2.75, 3.05) is 0 Å². The Labute approximate surface area is 655 Å². The van der Waals surface area contributed by atoms with Crippen LogP contribution in [0.3, 0.4) is 0 Å². The summed E-state index contributed by atoms with van der Waals surface area (Å²) in [6.45, 7) is 49.7. The number of aromatic nitrogens is 4. The van der Waals surface area contributed by atoms with E-state index in [2.05, 4.69) is 25.4 Å². The molecule has 0 N–H and O–H groups in total. The van der Waals surface area contributed by atoms with Crippen LogP contribution in [0.15, 0.2) is 139 Å². The van der Waals surface area contributed by atoms with Gasteiger partial charge in [-0.2, -0.15) is 18.3 Å². The largest absolute Gasteiger partial charge is 0.456 e. The van der Waals surface area contributed by atoms with Crippen molar-refractivity contribution in [3.05, 3.63) is 279 Å². The van der Waals surface area contributed by atoms with Crippen molar-refractivity contribution in [2.45, 2.75) is 138 Å². The SMILES string of the molecule is [2H]c1c(C)c(C([2H])([2H])[2H])c(C)[n+](C)c1-c1c(C)cc(C)c2c1oc1cc([N+]#[C-])ccc12.[2H]c1c(C)c(C([2H])([2H])[2H])c(C)[n+](C)c1-c1c(C)ccc2c1oc1c(C)c([N+]#[C-])ccc12.[2H]c1c(C)c(C([2H])([2H])[2H])c(C)[n+](C)c1-c1c(C)ccc2c1oc1cc([N+]#[C-])c(C)cc12.[2H]c1c(C)c(C([2H])([2H])[2H])c(C)[n+](C)c1-c1c(C)ccc2c1oc1cc([N+]#[C-])cc(C)c12. The van der Waals surface area contributed by atoms with E-state index in [-0.39, 0.29) is 46.4 Å². The molecule has 0 aliphatic rings. The molecule has 8 heterocycles. The normalized spacial score (nSPS) is 13.9. The maximum absolute atomic E-state index is 8.86. The molecule has 108 heavy (non-hydrogen) atoms. The van der Waals surface area contributed by atoms with Gasteiger partial charge in [0, 0.05) is 134 Å². The van der Waals surface area contributed by atoms with Gasteiger partial charge in [0.1, 0.15) is 72.9 Å². The molecule has 12 heteroatoms. The fraction of sp³-hybridized carbons (Fsp3) is 0.250. The van der Waals surface area contributed by atoms with Crippen LogP contribution in [-0.2, 0) is 28.2 Å². The standard InChI is InChI=1S/4C24H23N2O/c1-13-11-20(26(7)17(5)16(13)4)23-15(3)10-14(2)22-19-9-8-18(25-6)12-21(19)27-24(22)23;1-13-8-9-19-22-15(3)10-18(25-6)12-21(22)27-24(19)23(13)20-11-14(2)16(4)17(5)26(20)7;1-13-8-9-18-19-10-15(3)20(25-6)12-22(19)27-24(18)23(13)21-11-14(2)16(4)17(5)26(21)7;1-13-8-9-19-18-10-11-20(25-6)16(4)23(18)27-24(19)22(13)21-12-14(2)15(3)17(5)26(21)7/h4*8-12H,1-5,7H3/q4*+1/i3*4D3,11D;3D3,12D. The number of hydrogen-bond acceptors (Lipinski definition) is 4. The molecule has 8 aromatic heterocycles. The lowest BCUT2D eigenvalue weighted by molar-refractivity contribution is -0.667. The van der Waals surface area contributed by atoms with Crippen LogP contribution in [0.2, 0.25) is 0 Å². The molecule has 0 saturated carbocycles. The third kappa shape index (κ3) is 12.2. The molecular formula is C96H92N8O4+4. The maximum atomic E-state index is 8.86. The zero-order valence-electron chi connectivity index (χ0n) is 80.4. The van der Waals surface area contributed by atoms with E-state index >= 15 is 0 Å². The van der Waals surface area contributed by atoms with Crippen molar-refractivity contribution in [1.82, 2.24) is 0 Å². The Hall–Kier alpha value is -12.5. The summed E-state index contributed by atoms with van der Waals surface area (Å²) in [4.78, 5) is 14.2. The van der Waals surface area contributed by atoms with Gasteiger partial charge in [-0.05, 0) is 195 Å². The predicted octanol–water partition coefficient (Wildman–Crippen LogP) is 24.7. The molecule has 0 aliphatic heterocycles. The molecule has 0 atom stereocenters. The van der Waals surface area contributed by atoms with Crippen molar-refractivity contribution in [1.29, 1.82) is 0 Å². The first-order valence-electron chi connectivity index (χ1n) is 43.3. The van der Waals surface area contributed by atoms with Crippen molar-refractivity contribution in [2.24, 2.45) is 28.2 Å². The fourth-order valence-electron chi connectivity index (χ4n) is 15.0. The molecule has 0 bridgehead atoms. The van der Waals surface area contributed by atoms with Gasteiger partial charge in [0.05, 0.1) is 54.0 Å². The Morgan fingerprint density at radius 2 is 0.667 bits per heavy atom. The average molecular weight is 1440 g/mol. The highest BCUT2D eigenvalue weighted by Gasteiger charge is 2.30. The first-order valence-corrected chi connectivity index (χ1v) is 35.3. The monoisotopic (exact) mass is 1440 g/mol. The van der Waals surface area contributed by atoms with Gasteiger partial charge in [0.2, 0.25) is 22.8 Å². The Balaban J connectivity index is 0.000000142. The van der Waals surface area contributed by atoms with Gasteiger partial charge < -0.3 is 17.7 Å². The second kappa shape index (κ2) is 28.1. The Morgan fingerprint density at radius 1 is 0.287 bits per heavy atom. The van der Waals surface area contributed by atoms with Gasteiger partial charge in [-0.1, -0.05) is 78.9 Å². The summed E-state index contributed by atoms with van der Waals surface area (Å²) in [7, 11) is 7.17. The molecule has 16 rings (SSSR count). The van der Waals surface area contributed by atoms with Crippen molar-refractivity contribution < 1.29 is 57.9 Å². The summed E-state index contributed by atoms with van der Waals surface area (Å²) >= 11 is 0. The highest BCUT2D eigenvalue weighted by molar-refractivity contribution is 6.15. The van der Waals surface area contributed by atoms with E-state index in [9.17, 15) is 0 Å². The zero-order valence-corrected chi connectivity index (χ0v) is 64.4.